The van der Waals surface area contributed by atoms with Crippen molar-refractivity contribution in [3.8, 4) is 0 Å². The fourth-order valence-corrected chi connectivity index (χ4v) is 1.44. The molecular weight excluding hydrogens is 184 g/mol. The number of nitrogens with one attached hydrogen (secondary N) is 1. The summed E-state index contributed by atoms with van der Waals surface area (Å²) >= 11 is 5.89. The average Bonchev–Trinajstić information content (AvgIpc) is 2.09. The smallest absolute Gasteiger partial charge is 0.152 e. The van der Waals surface area contributed by atoms with Gasteiger partial charge in [-0.15, -0.1) is 0 Å². The quantitative estimate of drug-likeness (QED) is 0.751. The van der Waals surface area contributed by atoms with Crippen LogP contribution in [0.2, 0.25) is 5.15 Å². The van der Waals surface area contributed by atoms with Crippen LogP contribution in [-0.2, 0) is 0 Å². The van der Waals surface area contributed by atoms with E-state index in [1.54, 1.807) is 6.20 Å². The number of hydrogen-bond acceptors (Lipinski definition) is 2. The van der Waals surface area contributed by atoms with Gasteiger partial charge in [0.15, 0.2) is 5.15 Å². The van der Waals surface area contributed by atoms with Crippen LogP contribution in [0.5, 0.6) is 0 Å². The molecule has 0 fully saturated rings. The highest BCUT2D eigenvalue weighted by Gasteiger charge is 2.03. The third-order valence-electron chi connectivity index (χ3n) is 1.88. The SMILES string of the molecule is CCCC(C)Nc1cccnc1Cl. The molecule has 0 saturated carbocycles. The Balaban J connectivity index is 2.58. The van der Waals surface area contributed by atoms with Gasteiger partial charge in [0, 0.05) is 12.2 Å². The molecule has 0 aromatic carbocycles. The summed E-state index contributed by atoms with van der Waals surface area (Å²) in [5.74, 6) is 0. The summed E-state index contributed by atoms with van der Waals surface area (Å²) in [5.41, 5.74) is 0.921. The molecule has 3 heteroatoms. The lowest BCUT2D eigenvalue weighted by atomic mass is 10.2. The van der Waals surface area contributed by atoms with E-state index < -0.39 is 0 Å². The fourth-order valence-electron chi connectivity index (χ4n) is 1.26. The van der Waals surface area contributed by atoms with Crippen molar-refractivity contribution in [1.29, 1.82) is 0 Å². The maximum Gasteiger partial charge on any atom is 0.152 e. The van der Waals surface area contributed by atoms with E-state index >= 15 is 0 Å². The van der Waals surface area contributed by atoms with E-state index in [0.29, 0.717) is 11.2 Å². The summed E-state index contributed by atoms with van der Waals surface area (Å²) in [5, 5.41) is 3.86. The second-order valence-corrected chi connectivity index (χ2v) is 3.53. The summed E-state index contributed by atoms with van der Waals surface area (Å²) < 4.78 is 0. The first-order valence-corrected chi connectivity index (χ1v) is 4.99. The molecule has 2 nitrogen and oxygen atoms in total. The standard InChI is InChI=1S/C10H15ClN2/c1-3-5-8(2)13-9-6-4-7-12-10(9)11/h4,6-8,13H,3,5H2,1-2H3. The number of aromatic nitrogens is 1. The van der Waals surface area contributed by atoms with Crippen LogP contribution in [0, 0.1) is 0 Å². The van der Waals surface area contributed by atoms with Gasteiger partial charge in [-0.3, -0.25) is 0 Å². The van der Waals surface area contributed by atoms with E-state index in [4.69, 9.17) is 11.6 Å². The zero-order valence-electron chi connectivity index (χ0n) is 8.05. The summed E-state index contributed by atoms with van der Waals surface area (Å²) in [6.07, 6.45) is 4.01. The largest absolute Gasteiger partial charge is 0.380 e. The topological polar surface area (TPSA) is 24.9 Å². The van der Waals surface area contributed by atoms with E-state index in [9.17, 15) is 0 Å². The van der Waals surface area contributed by atoms with Crippen molar-refractivity contribution < 1.29 is 0 Å². The number of pyridine rings is 1. The minimum atomic E-state index is 0.451. The van der Waals surface area contributed by atoms with Crippen molar-refractivity contribution in [1.82, 2.24) is 4.98 Å². The van der Waals surface area contributed by atoms with E-state index in [-0.39, 0.29) is 0 Å². The Hall–Kier alpha value is -0.760. The van der Waals surface area contributed by atoms with E-state index in [0.717, 1.165) is 12.1 Å². The Morgan fingerprint density at radius 2 is 2.38 bits per heavy atom. The Morgan fingerprint density at radius 3 is 3.00 bits per heavy atom. The summed E-state index contributed by atoms with van der Waals surface area (Å²) in [4.78, 5) is 4.00. The van der Waals surface area contributed by atoms with Gasteiger partial charge < -0.3 is 5.32 Å². The minimum absolute atomic E-state index is 0.451. The number of nitrogens with zero attached hydrogens (tertiary/aromatic N) is 1. The van der Waals surface area contributed by atoms with Gasteiger partial charge in [0.1, 0.15) is 0 Å². The lowest BCUT2D eigenvalue weighted by Gasteiger charge is -2.14. The molecule has 0 radical (unpaired) electrons. The summed E-state index contributed by atoms with van der Waals surface area (Å²) in [6, 6.07) is 4.28. The van der Waals surface area contributed by atoms with Crippen LogP contribution in [0.3, 0.4) is 0 Å². The lowest BCUT2D eigenvalue weighted by molar-refractivity contribution is 0.690. The molecule has 1 unspecified atom stereocenters. The van der Waals surface area contributed by atoms with Crippen LogP contribution in [0.15, 0.2) is 18.3 Å². The first-order chi connectivity index (χ1) is 6.24. The van der Waals surface area contributed by atoms with Crippen LogP contribution in [0.25, 0.3) is 0 Å². The van der Waals surface area contributed by atoms with Crippen LogP contribution < -0.4 is 5.32 Å². The van der Waals surface area contributed by atoms with Crippen LogP contribution >= 0.6 is 11.6 Å². The molecule has 0 spiro atoms. The van der Waals surface area contributed by atoms with E-state index in [1.807, 2.05) is 12.1 Å². The number of anilines is 1. The van der Waals surface area contributed by atoms with Gasteiger partial charge >= 0.3 is 0 Å². The summed E-state index contributed by atoms with van der Waals surface area (Å²) in [7, 11) is 0. The Kier molecular flexibility index (Phi) is 4.03. The maximum atomic E-state index is 5.89. The zero-order chi connectivity index (χ0) is 9.68. The first kappa shape index (κ1) is 10.3. The normalized spacial score (nSPS) is 12.5. The zero-order valence-corrected chi connectivity index (χ0v) is 8.80. The van der Waals surface area contributed by atoms with Crippen molar-refractivity contribution >= 4 is 17.3 Å². The highest BCUT2D eigenvalue weighted by Crippen LogP contribution is 2.19. The fraction of sp³-hybridized carbons (Fsp3) is 0.500. The Bertz CT molecular complexity index is 263. The highest BCUT2D eigenvalue weighted by atomic mass is 35.5. The van der Waals surface area contributed by atoms with Gasteiger partial charge in [-0.25, -0.2) is 4.98 Å². The number of rotatable bonds is 4. The van der Waals surface area contributed by atoms with Crippen LogP contribution in [0.1, 0.15) is 26.7 Å². The highest BCUT2D eigenvalue weighted by molar-refractivity contribution is 6.31. The van der Waals surface area contributed by atoms with Crippen molar-refractivity contribution in [3.63, 3.8) is 0 Å². The second-order valence-electron chi connectivity index (χ2n) is 3.18. The average molecular weight is 199 g/mol. The molecule has 0 aliphatic carbocycles. The van der Waals surface area contributed by atoms with Gasteiger partial charge in [0.2, 0.25) is 0 Å². The molecule has 13 heavy (non-hydrogen) atoms. The van der Waals surface area contributed by atoms with Crippen molar-refractivity contribution in [2.45, 2.75) is 32.7 Å². The van der Waals surface area contributed by atoms with E-state index in [2.05, 4.69) is 24.1 Å². The molecule has 1 aromatic rings. The Labute approximate surface area is 84.3 Å². The van der Waals surface area contributed by atoms with Gasteiger partial charge in [0.05, 0.1) is 5.69 Å². The van der Waals surface area contributed by atoms with Crippen molar-refractivity contribution in [2.24, 2.45) is 0 Å². The van der Waals surface area contributed by atoms with Gasteiger partial charge in [0.25, 0.3) is 0 Å². The molecular formula is C10H15ClN2. The first-order valence-electron chi connectivity index (χ1n) is 4.61. The molecule has 1 heterocycles. The Morgan fingerprint density at radius 1 is 1.62 bits per heavy atom. The third kappa shape index (κ3) is 3.23. The molecule has 0 aliphatic rings. The van der Waals surface area contributed by atoms with E-state index in [1.165, 1.54) is 6.42 Å². The molecule has 0 aliphatic heterocycles. The molecule has 1 aromatic heterocycles. The predicted molar refractivity (Wildman–Crippen MR) is 57.2 cm³/mol. The molecule has 0 amide bonds. The number of halogens is 1. The van der Waals surface area contributed by atoms with Gasteiger partial charge in [-0.1, -0.05) is 24.9 Å². The van der Waals surface area contributed by atoms with Crippen molar-refractivity contribution in [2.75, 3.05) is 5.32 Å². The van der Waals surface area contributed by atoms with Gasteiger partial charge in [-0.05, 0) is 25.5 Å². The minimum Gasteiger partial charge on any atom is -0.380 e. The third-order valence-corrected chi connectivity index (χ3v) is 2.18. The van der Waals surface area contributed by atoms with Crippen LogP contribution in [0.4, 0.5) is 5.69 Å². The molecule has 1 atom stereocenters. The second kappa shape index (κ2) is 5.07. The van der Waals surface area contributed by atoms with Gasteiger partial charge in [-0.2, -0.15) is 0 Å². The molecule has 0 bridgehead atoms. The molecule has 1 rings (SSSR count). The maximum absolute atomic E-state index is 5.89. The summed E-state index contributed by atoms with van der Waals surface area (Å²) in [6.45, 7) is 4.32. The number of hydrogen-bond donors (Lipinski definition) is 1. The lowest BCUT2D eigenvalue weighted by Crippen LogP contribution is -2.14. The monoisotopic (exact) mass is 198 g/mol. The van der Waals surface area contributed by atoms with Crippen LogP contribution in [-0.4, -0.2) is 11.0 Å². The molecule has 1 N–H and O–H groups in total. The predicted octanol–water partition coefficient (Wildman–Crippen LogP) is 3.34. The van der Waals surface area contributed by atoms with Crippen molar-refractivity contribution in [3.05, 3.63) is 23.5 Å². The molecule has 0 saturated heterocycles. The molecule has 72 valence electrons.